The van der Waals surface area contributed by atoms with Crippen molar-refractivity contribution >= 4 is 11.3 Å². The van der Waals surface area contributed by atoms with Crippen molar-refractivity contribution < 1.29 is 0 Å². The molecule has 3 rings (SSSR count). The topological polar surface area (TPSA) is 38.9 Å². The molecule has 3 atom stereocenters. The molecule has 76 valence electrons. The van der Waals surface area contributed by atoms with Gasteiger partial charge in [-0.2, -0.15) is 0 Å². The molecule has 14 heavy (non-hydrogen) atoms. The van der Waals surface area contributed by atoms with E-state index in [1.165, 1.54) is 29.1 Å². The zero-order chi connectivity index (χ0) is 9.71. The first-order chi connectivity index (χ1) is 6.75. The fraction of sp³-hybridized carbons (Fsp3) is 0.727. The summed E-state index contributed by atoms with van der Waals surface area (Å²) in [5.41, 5.74) is 6.20. The maximum Gasteiger partial charge on any atom is 0.0959 e. The van der Waals surface area contributed by atoms with Gasteiger partial charge in [0.15, 0.2) is 0 Å². The van der Waals surface area contributed by atoms with Gasteiger partial charge in [-0.25, -0.2) is 4.98 Å². The highest BCUT2D eigenvalue weighted by Crippen LogP contribution is 2.48. The van der Waals surface area contributed by atoms with Gasteiger partial charge in [-0.05, 0) is 31.1 Å². The molecule has 3 unspecified atom stereocenters. The average Bonchev–Trinajstić information content (AvgIpc) is 3.08. The molecule has 2 fully saturated rings. The molecule has 0 amide bonds. The van der Waals surface area contributed by atoms with Crippen LogP contribution in [-0.4, -0.2) is 4.98 Å². The molecule has 0 bridgehead atoms. The Hall–Kier alpha value is -0.410. The summed E-state index contributed by atoms with van der Waals surface area (Å²) in [5.74, 6) is 2.33. The van der Waals surface area contributed by atoms with Gasteiger partial charge in [0.05, 0.1) is 5.01 Å². The average molecular weight is 208 g/mol. The molecular weight excluding hydrogens is 192 g/mol. The van der Waals surface area contributed by atoms with E-state index in [9.17, 15) is 0 Å². The third-order valence-corrected chi connectivity index (χ3v) is 4.69. The Morgan fingerprint density at radius 1 is 1.57 bits per heavy atom. The monoisotopic (exact) mass is 208 g/mol. The Morgan fingerprint density at radius 2 is 2.29 bits per heavy atom. The summed E-state index contributed by atoms with van der Waals surface area (Å²) in [4.78, 5) is 5.78. The molecule has 2 saturated carbocycles. The van der Waals surface area contributed by atoms with Crippen LogP contribution in [-0.2, 0) is 0 Å². The van der Waals surface area contributed by atoms with Gasteiger partial charge in [-0.15, -0.1) is 11.3 Å². The van der Waals surface area contributed by atoms with E-state index in [2.05, 4.69) is 11.9 Å². The lowest BCUT2D eigenvalue weighted by atomic mass is 10.1. The Labute approximate surface area is 88.5 Å². The molecule has 1 aromatic heterocycles. The van der Waals surface area contributed by atoms with Gasteiger partial charge in [0, 0.05) is 23.0 Å². The number of hydrogen-bond acceptors (Lipinski definition) is 3. The molecule has 0 saturated heterocycles. The minimum Gasteiger partial charge on any atom is -0.323 e. The van der Waals surface area contributed by atoms with Gasteiger partial charge >= 0.3 is 0 Å². The second-order valence-corrected chi connectivity index (χ2v) is 5.87. The van der Waals surface area contributed by atoms with Crippen LogP contribution in [0.5, 0.6) is 0 Å². The van der Waals surface area contributed by atoms with E-state index in [0.717, 1.165) is 17.8 Å². The van der Waals surface area contributed by atoms with Crippen molar-refractivity contribution in [2.24, 2.45) is 17.6 Å². The predicted molar refractivity (Wildman–Crippen MR) is 58.3 cm³/mol. The first-order valence-corrected chi connectivity index (χ1v) is 6.28. The molecule has 0 spiro atoms. The number of hydrogen-bond donors (Lipinski definition) is 1. The predicted octanol–water partition coefficient (Wildman–Crippen LogP) is 2.68. The van der Waals surface area contributed by atoms with Crippen LogP contribution in [0.15, 0.2) is 6.20 Å². The van der Waals surface area contributed by atoms with Crippen LogP contribution in [0.1, 0.15) is 48.0 Å². The van der Waals surface area contributed by atoms with E-state index in [1.54, 1.807) is 0 Å². The van der Waals surface area contributed by atoms with Gasteiger partial charge in [-0.3, -0.25) is 0 Å². The van der Waals surface area contributed by atoms with Crippen molar-refractivity contribution in [1.29, 1.82) is 0 Å². The summed E-state index contributed by atoms with van der Waals surface area (Å²) in [5, 5.41) is 1.32. The normalized spacial score (nSPS) is 33.0. The zero-order valence-electron chi connectivity index (χ0n) is 8.44. The first kappa shape index (κ1) is 8.86. The van der Waals surface area contributed by atoms with E-state index >= 15 is 0 Å². The molecule has 1 aromatic rings. The van der Waals surface area contributed by atoms with Gasteiger partial charge in [-0.1, -0.05) is 6.92 Å². The quantitative estimate of drug-likeness (QED) is 0.829. The lowest BCUT2D eigenvalue weighted by molar-refractivity contribution is 0.602. The second kappa shape index (κ2) is 3.04. The Morgan fingerprint density at radius 3 is 2.86 bits per heavy atom. The fourth-order valence-corrected chi connectivity index (χ4v) is 3.20. The van der Waals surface area contributed by atoms with Crippen LogP contribution < -0.4 is 5.73 Å². The minimum atomic E-state index is 0.259. The smallest absolute Gasteiger partial charge is 0.0959 e. The molecule has 2 aliphatic carbocycles. The first-order valence-electron chi connectivity index (χ1n) is 5.47. The standard InChI is InChI=1S/C11H16N2S/c1-6-4-8(6)10(12)9-5-13-11(14-9)7-2-3-7/h5-8,10H,2-4,12H2,1H3. The van der Waals surface area contributed by atoms with Gasteiger partial charge in [0.25, 0.3) is 0 Å². The minimum absolute atomic E-state index is 0.259. The van der Waals surface area contributed by atoms with Crippen molar-refractivity contribution in [1.82, 2.24) is 4.98 Å². The number of nitrogens with zero attached hydrogens (tertiary/aromatic N) is 1. The molecule has 3 heteroatoms. The fourth-order valence-electron chi connectivity index (χ4n) is 2.04. The lowest BCUT2D eigenvalue weighted by Gasteiger charge is -2.06. The summed E-state index contributed by atoms with van der Waals surface area (Å²) < 4.78 is 0. The summed E-state index contributed by atoms with van der Waals surface area (Å²) in [7, 11) is 0. The molecule has 0 aromatic carbocycles. The number of rotatable bonds is 3. The van der Waals surface area contributed by atoms with Crippen LogP contribution in [0.4, 0.5) is 0 Å². The Balaban J connectivity index is 1.75. The Bertz CT molecular complexity index is 343. The number of nitrogens with two attached hydrogens (primary N) is 1. The van der Waals surface area contributed by atoms with Crippen molar-refractivity contribution in [2.45, 2.75) is 38.1 Å². The number of thiazole rings is 1. The molecule has 0 aliphatic heterocycles. The van der Waals surface area contributed by atoms with E-state index in [0.29, 0.717) is 0 Å². The zero-order valence-corrected chi connectivity index (χ0v) is 9.26. The highest BCUT2D eigenvalue weighted by molar-refractivity contribution is 7.11. The molecule has 0 radical (unpaired) electrons. The maximum atomic E-state index is 6.20. The second-order valence-electron chi connectivity index (χ2n) is 4.78. The van der Waals surface area contributed by atoms with Crippen LogP contribution in [0.2, 0.25) is 0 Å². The molecule has 2 aliphatic rings. The van der Waals surface area contributed by atoms with Crippen molar-refractivity contribution in [2.75, 3.05) is 0 Å². The maximum absolute atomic E-state index is 6.20. The van der Waals surface area contributed by atoms with E-state index in [-0.39, 0.29) is 6.04 Å². The lowest BCUT2D eigenvalue weighted by Crippen LogP contribution is -2.11. The van der Waals surface area contributed by atoms with Gasteiger partial charge in [0.2, 0.25) is 0 Å². The van der Waals surface area contributed by atoms with Crippen molar-refractivity contribution in [3.63, 3.8) is 0 Å². The SMILES string of the molecule is CC1CC1C(N)c1cnc(C2CC2)s1. The summed E-state index contributed by atoms with van der Waals surface area (Å²) in [6.45, 7) is 2.29. The summed E-state index contributed by atoms with van der Waals surface area (Å²) in [6, 6.07) is 0.259. The van der Waals surface area contributed by atoms with Gasteiger partial charge in [0.1, 0.15) is 0 Å². The van der Waals surface area contributed by atoms with Gasteiger partial charge < -0.3 is 5.73 Å². The van der Waals surface area contributed by atoms with Crippen LogP contribution in [0.25, 0.3) is 0 Å². The Kier molecular flexibility index (Phi) is 1.92. The van der Waals surface area contributed by atoms with Crippen LogP contribution >= 0.6 is 11.3 Å². The van der Waals surface area contributed by atoms with Crippen LogP contribution in [0, 0.1) is 11.8 Å². The molecule has 1 heterocycles. The molecule has 2 N–H and O–H groups in total. The third-order valence-electron chi connectivity index (χ3n) is 3.43. The van der Waals surface area contributed by atoms with E-state index < -0.39 is 0 Å². The third kappa shape index (κ3) is 1.48. The summed E-state index contributed by atoms with van der Waals surface area (Å²) in [6.07, 6.45) is 5.98. The van der Waals surface area contributed by atoms with E-state index in [1.807, 2.05) is 17.5 Å². The highest BCUT2D eigenvalue weighted by Gasteiger charge is 2.39. The largest absolute Gasteiger partial charge is 0.323 e. The van der Waals surface area contributed by atoms with Crippen molar-refractivity contribution in [3.05, 3.63) is 16.1 Å². The van der Waals surface area contributed by atoms with Crippen LogP contribution in [0.3, 0.4) is 0 Å². The van der Waals surface area contributed by atoms with E-state index in [4.69, 9.17) is 5.73 Å². The molecular formula is C11H16N2S. The highest BCUT2D eigenvalue weighted by atomic mass is 32.1. The number of aromatic nitrogens is 1. The summed E-state index contributed by atoms with van der Waals surface area (Å²) >= 11 is 1.85. The molecule has 2 nitrogen and oxygen atoms in total. The van der Waals surface area contributed by atoms with Crippen molar-refractivity contribution in [3.8, 4) is 0 Å².